The monoisotopic (exact) mass is 317 g/mol. The quantitative estimate of drug-likeness (QED) is 0.567. The van der Waals surface area contributed by atoms with Crippen molar-refractivity contribution in [2.24, 2.45) is 11.8 Å². The molecule has 2 saturated heterocycles. The minimum Gasteiger partial charge on any atom is -0.458 e. The number of ether oxygens (including phenoxy) is 1. The Morgan fingerprint density at radius 3 is 2.70 bits per heavy atom. The van der Waals surface area contributed by atoms with Crippen LogP contribution >= 0.6 is 0 Å². The molecular formula is C20H31NO2. The lowest BCUT2D eigenvalue weighted by atomic mass is 9.83. The van der Waals surface area contributed by atoms with Crippen LogP contribution < -0.4 is 0 Å². The van der Waals surface area contributed by atoms with Crippen molar-refractivity contribution in [1.29, 1.82) is 0 Å². The van der Waals surface area contributed by atoms with Crippen LogP contribution in [-0.2, 0) is 9.53 Å². The van der Waals surface area contributed by atoms with Gasteiger partial charge in [0.05, 0.1) is 5.92 Å². The topological polar surface area (TPSA) is 29.5 Å². The summed E-state index contributed by atoms with van der Waals surface area (Å²) in [5, 5.41) is 0. The first-order valence-corrected chi connectivity index (χ1v) is 9.39. The van der Waals surface area contributed by atoms with Crippen LogP contribution in [0.2, 0.25) is 0 Å². The van der Waals surface area contributed by atoms with Gasteiger partial charge < -0.3 is 9.64 Å². The highest BCUT2D eigenvalue weighted by atomic mass is 16.6. The zero-order valence-corrected chi connectivity index (χ0v) is 14.7. The summed E-state index contributed by atoms with van der Waals surface area (Å²) in [7, 11) is 0. The molecule has 3 atom stereocenters. The summed E-state index contributed by atoms with van der Waals surface area (Å²) >= 11 is 0. The summed E-state index contributed by atoms with van der Waals surface area (Å²) in [4.78, 5) is 15.0. The van der Waals surface area contributed by atoms with Gasteiger partial charge in [0.2, 0.25) is 0 Å². The Kier molecular flexibility index (Phi) is 5.58. The van der Waals surface area contributed by atoms with E-state index in [1.165, 1.54) is 30.4 Å². The van der Waals surface area contributed by atoms with E-state index in [9.17, 15) is 4.79 Å². The van der Waals surface area contributed by atoms with E-state index in [4.69, 9.17) is 4.74 Å². The van der Waals surface area contributed by atoms with Gasteiger partial charge in [0.25, 0.3) is 0 Å². The predicted octanol–water partition coefficient (Wildman–Crippen LogP) is 4.10. The van der Waals surface area contributed by atoms with Crippen molar-refractivity contribution >= 4 is 5.97 Å². The molecule has 128 valence electrons. The molecule has 0 bridgehead atoms. The summed E-state index contributed by atoms with van der Waals surface area (Å²) in [5.41, 5.74) is 2.83. The van der Waals surface area contributed by atoms with Crippen molar-refractivity contribution in [2.75, 3.05) is 19.6 Å². The maximum Gasteiger partial charge on any atom is 0.311 e. The van der Waals surface area contributed by atoms with E-state index in [2.05, 4.69) is 30.9 Å². The number of rotatable bonds is 2. The average molecular weight is 317 g/mol. The first-order valence-electron chi connectivity index (χ1n) is 9.39. The Bertz CT molecular complexity index is 488. The molecule has 0 spiro atoms. The second-order valence-corrected chi connectivity index (χ2v) is 7.67. The van der Waals surface area contributed by atoms with Crippen LogP contribution in [0.4, 0.5) is 0 Å². The Hall–Kier alpha value is -1.09. The second-order valence-electron chi connectivity index (χ2n) is 7.67. The van der Waals surface area contributed by atoms with Crippen LogP contribution in [0.25, 0.3) is 0 Å². The standard InChI is InChI=1S/C20H31NO2/c1-15-7-6-8-16(2)13-19-17(10-9-15)18(20(22)23-19)14-21-11-4-3-5-12-21/h7,13,17-19H,3-6,8-12,14H2,1-2H3. The molecular weight excluding hydrogens is 286 g/mol. The third-order valence-corrected chi connectivity index (χ3v) is 5.75. The molecule has 0 amide bonds. The first kappa shape index (κ1) is 16.8. The Balaban J connectivity index is 1.74. The van der Waals surface area contributed by atoms with Crippen molar-refractivity contribution in [3.05, 3.63) is 23.3 Å². The molecule has 3 aliphatic rings. The van der Waals surface area contributed by atoms with Crippen LogP contribution in [0, 0.1) is 11.8 Å². The van der Waals surface area contributed by atoms with Gasteiger partial charge >= 0.3 is 5.97 Å². The van der Waals surface area contributed by atoms with E-state index in [1.807, 2.05) is 0 Å². The lowest BCUT2D eigenvalue weighted by Gasteiger charge is -2.30. The van der Waals surface area contributed by atoms with E-state index in [1.54, 1.807) is 0 Å². The number of piperidine rings is 1. The molecule has 0 saturated carbocycles. The summed E-state index contributed by atoms with van der Waals surface area (Å²) in [6.07, 6.45) is 12.8. The predicted molar refractivity (Wildman–Crippen MR) is 93.1 cm³/mol. The molecule has 3 rings (SSSR count). The molecule has 3 nitrogen and oxygen atoms in total. The fourth-order valence-corrected chi connectivity index (χ4v) is 4.27. The first-order chi connectivity index (χ1) is 11.1. The highest BCUT2D eigenvalue weighted by Crippen LogP contribution is 2.36. The van der Waals surface area contributed by atoms with Gasteiger partial charge in [-0.1, -0.05) is 23.6 Å². The fourth-order valence-electron chi connectivity index (χ4n) is 4.27. The minimum atomic E-state index is 0.00295. The van der Waals surface area contributed by atoms with Gasteiger partial charge in [0.1, 0.15) is 6.10 Å². The molecule has 0 N–H and O–H groups in total. The number of hydrogen-bond acceptors (Lipinski definition) is 3. The molecule has 23 heavy (non-hydrogen) atoms. The molecule has 3 heteroatoms. The average Bonchev–Trinajstić information content (AvgIpc) is 2.81. The maximum absolute atomic E-state index is 12.5. The molecule has 1 aliphatic carbocycles. The number of allylic oxidation sites excluding steroid dienone is 3. The number of fused-ring (bicyclic) bond motifs is 1. The highest BCUT2D eigenvalue weighted by molar-refractivity contribution is 5.76. The van der Waals surface area contributed by atoms with Crippen LogP contribution in [0.1, 0.15) is 58.8 Å². The molecule has 0 aromatic heterocycles. The van der Waals surface area contributed by atoms with Gasteiger partial charge in [-0.05, 0) is 71.5 Å². The molecule has 0 aromatic carbocycles. The van der Waals surface area contributed by atoms with Crippen LogP contribution in [-0.4, -0.2) is 36.6 Å². The molecule has 3 unspecified atom stereocenters. The number of likely N-dealkylation sites (tertiary alicyclic amines) is 1. The molecule has 0 radical (unpaired) electrons. The van der Waals surface area contributed by atoms with E-state index < -0.39 is 0 Å². The number of nitrogens with zero attached hydrogens (tertiary/aromatic N) is 1. The van der Waals surface area contributed by atoms with Crippen molar-refractivity contribution in [2.45, 2.75) is 64.9 Å². The SMILES string of the molecule is CC1=CC2OC(=O)C(CN3CCCCC3)C2CCC(C)=CCC1. The fraction of sp³-hybridized carbons (Fsp3) is 0.750. The van der Waals surface area contributed by atoms with Crippen molar-refractivity contribution in [3.8, 4) is 0 Å². The normalized spacial score (nSPS) is 33.5. The summed E-state index contributed by atoms with van der Waals surface area (Å²) < 4.78 is 5.80. The second kappa shape index (κ2) is 7.65. The van der Waals surface area contributed by atoms with Crippen molar-refractivity contribution in [1.82, 2.24) is 4.90 Å². The molecule has 2 aliphatic heterocycles. The lowest BCUT2D eigenvalue weighted by molar-refractivity contribution is -0.143. The summed E-state index contributed by atoms with van der Waals surface area (Å²) in [6.45, 7) is 7.60. The van der Waals surface area contributed by atoms with Gasteiger partial charge in [0.15, 0.2) is 0 Å². The molecule has 2 heterocycles. The zero-order valence-electron chi connectivity index (χ0n) is 14.7. The Morgan fingerprint density at radius 2 is 1.91 bits per heavy atom. The maximum atomic E-state index is 12.5. The molecule has 2 fully saturated rings. The number of esters is 1. The highest BCUT2D eigenvalue weighted by Gasteiger charge is 2.43. The van der Waals surface area contributed by atoms with E-state index in [-0.39, 0.29) is 18.0 Å². The third kappa shape index (κ3) is 4.26. The Morgan fingerprint density at radius 1 is 1.13 bits per heavy atom. The zero-order chi connectivity index (χ0) is 16.2. The summed E-state index contributed by atoms with van der Waals surface area (Å²) in [5.74, 6) is 0.450. The number of carbonyl (C=O) groups is 1. The van der Waals surface area contributed by atoms with E-state index >= 15 is 0 Å². The smallest absolute Gasteiger partial charge is 0.311 e. The molecule has 0 aromatic rings. The van der Waals surface area contributed by atoms with Gasteiger partial charge in [-0.3, -0.25) is 4.79 Å². The van der Waals surface area contributed by atoms with Gasteiger partial charge in [-0.25, -0.2) is 0 Å². The number of hydrogen-bond donors (Lipinski definition) is 0. The third-order valence-electron chi connectivity index (χ3n) is 5.75. The Labute approximate surface area is 140 Å². The minimum absolute atomic E-state index is 0.00295. The summed E-state index contributed by atoms with van der Waals surface area (Å²) in [6, 6.07) is 0. The van der Waals surface area contributed by atoms with E-state index in [0.717, 1.165) is 45.3 Å². The van der Waals surface area contributed by atoms with Crippen molar-refractivity contribution in [3.63, 3.8) is 0 Å². The number of carbonyl (C=O) groups excluding carboxylic acids is 1. The van der Waals surface area contributed by atoms with Gasteiger partial charge in [-0.15, -0.1) is 0 Å². The van der Waals surface area contributed by atoms with Gasteiger partial charge in [-0.2, -0.15) is 0 Å². The van der Waals surface area contributed by atoms with Crippen molar-refractivity contribution < 1.29 is 9.53 Å². The van der Waals surface area contributed by atoms with E-state index in [0.29, 0.717) is 5.92 Å². The van der Waals surface area contributed by atoms with Crippen LogP contribution in [0.15, 0.2) is 23.3 Å². The van der Waals surface area contributed by atoms with Crippen LogP contribution in [0.5, 0.6) is 0 Å². The van der Waals surface area contributed by atoms with Gasteiger partial charge in [0, 0.05) is 12.5 Å². The van der Waals surface area contributed by atoms with Crippen LogP contribution in [0.3, 0.4) is 0 Å². The lowest BCUT2D eigenvalue weighted by Crippen LogP contribution is -2.38. The largest absolute Gasteiger partial charge is 0.458 e.